The van der Waals surface area contributed by atoms with Crippen molar-refractivity contribution in [1.82, 2.24) is 0 Å². The Bertz CT molecular complexity index is 124. The minimum Gasteiger partial charge on any atom is -0.0917 e. The molecule has 0 spiro atoms. The van der Waals surface area contributed by atoms with Crippen LogP contribution in [0.1, 0.15) is 19.8 Å². The van der Waals surface area contributed by atoms with Crippen LogP contribution in [0.25, 0.3) is 0 Å². The molecule has 1 aliphatic carbocycles. The molecular weight excluding hydrogens is 112 g/mol. The smallest absolute Gasteiger partial charge is 0.0333 e. The number of hydrogen-bond acceptors (Lipinski definition) is 0. The number of allylic oxidation sites excluding steroid dienone is 4. The van der Waals surface area contributed by atoms with Crippen molar-refractivity contribution in [2.24, 2.45) is 0 Å². The quantitative estimate of drug-likeness (QED) is 0.333. The predicted octanol–water partition coefficient (Wildman–Crippen LogP) is 0.976. The predicted molar refractivity (Wildman–Crippen MR) is 41.0 cm³/mol. The van der Waals surface area contributed by atoms with Crippen LogP contribution >= 0.6 is 0 Å². The highest BCUT2D eigenvalue weighted by Crippen LogP contribution is 2.13. The van der Waals surface area contributed by atoms with E-state index < -0.39 is 0 Å². The van der Waals surface area contributed by atoms with Crippen LogP contribution in [0.2, 0.25) is 0 Å². The van der Waals surface area contributed by atoms with E-state index in [0.717, 1.165) is 0 Å². The zero-order valence-electron chi connectivity index (χ0n) is 5.57. The Morgan fingerprint density at radius 3 is 2.50 bits per heavy atom. The molecular formula is C7H12Si. The lowest BCUT2D eigenvalue weighted by Crippen LogP contribution is -1.87. The minimum atomic E-state index is 1.21. The number of hydrogen-bond donors (Lipinski definition) is 0. The molecule has 0 radical (unpaired) electrons. The Kier molecular flexibility index (Phi) is 1.68. The van der Waals surface area contributed by atoms with Crippen molar-refractivity contribution in [2.75, 3.05) is 0 Å². The zero-order valence-corrected chi connectivity index (χ0v) is 7.57. The Labute approximate surface area is 53.7 Å². The molecule has 0 saturated carbocycles. The van der Waals surface area contributed by atoms with Crippen LogP contribution in [0.4, 0.5) is 0 Å². The van der Waals surface area contributed by atoms with Gasteiger partial charge in [0.2, 0.25) is 0 Å². The van der Waals surface area contributed by atoms with Gasteiger partial charge in [-0.2, -0.15) is 0 Å². The monoisotopic (exact) mass is 124 g/mol. The maximum Gasteiger partial charge on any atom is 0.0333 e. The second-order valence-corrected chi connectivity index (χ2v) is 3.79. The second kappa shape index (κ2) is 2.31. The standard InChI is InChI=1S/C7H12Si/c1-6-2-4-7(8)5-3-6/h2,5H,3-4H2,1,8H3. The van der Waals surface area contributed by atoms with Crippen LogP contribution in [0.3, 0.4) is 0 Å². The van der Waals surface area contributed by atoms with Gasteiger partial charge in [-0.15, -0.1) is 0 Å². The Morgan fingerprint density at radius 2 is 2.12 bits per heavy atom. The lowest BCUT2D eigenvalue weighted by atomic mass is 10.1. The molecule has 1 aliphatic rings. The summed E-state index contributed by atoms with van der Waals surface area (Å²) in [6.45, 7) is 2.20. The zero-order chi connectivity index (χ0) is 5.98. The summed E-state index contributed by atoms with van der Waals surface area (Å²) in [5, 5.41) is 1.65. The fraction of sp³-hybridized carbons (Fsp3) is 0.429. The van der Waals surface area contributed by atoms with Gasteiger partial charge in [0.05, 0.1) is 0 Å². The fourth-order valence-corrected chi connectivity index (χ4v) is 1.25. The fourth-order valence-electron chi connectivity index (χ4n) is 0.837. The molecule has 0 N–H and O–H groups in total. The molecule has 0 aromatic heterocycles. The summed E-state index contributed by atoms with van der Waals surface area (Å²) in [6.07, 6.45) is 7.14. The van der Waals surface area contributed by atoms with Crippen molar-refractivity contribution < 1.29 is 0 Å². The third kappa shape index (κ3) is 1.34. The molecule has 0 heterocycles. The topological polar surface area (TPSA) is 0 Å². The van der Waals surface area contributed by atoms with Crippen LogP contribution in [0.15, 0.2) is 22.9 Å². The summed E-state index contributed by atoms with van der Waals surface area (Å²) in [5.74, 6) is 0. The van der Waals surface area contributed by atoms with Crippen molar-refractivity contribution in [3.63, 3.8) is 0 Å². The van der Waals surface area contributed by atoms with Crippen LogP contribution in [-0.2, 0) is 0 Å². The van der Waals surface area contributed by atoms with Gasteiger partial charge < -0.3 is 0 Å². The molecule has 0 unspecified atom stereocenters. The molecule has 0 bridgehead atoms. The average molecular weight is 124 g/mol. The van der Waals surface area contributed by atoms with E-state index in [1.165, 1.54) is 28.7 Å². The van der Waals surface area contributed by atoms with E-state index in [-0.39, 0.29) is 0 Å². The van der Waals surface area contributed by atoms with E-state index in [9.17, 15) is 0 Å². The minimum absolute atomic E-state index is 1.21. The van der Waals surface area contributed by atoms with Gasteiger partial charge in [0.25, 0.3) is 0 Å². The van der Waals surface area contributed by atoms with Gasteiger partial charge in [0.15, 0.2) is 0 Å². The molecule has 0 amide bonds. The molecule has 0 fully saturated rings. The highest BCUT2D eigenvalue weighted by atomic mass is 28.1. The SMILES string of the molecule is CC1=CCC([SiH3])=CC1. The second-order valence-electron chi connectivity index (χ2n) is 2.51. The molecule has 0 aromatic carbocycles. The van der Waals surface area contributed by atoms with Gasteiger partial charge in [-0.25, -0.2) is 0 Å². The Morgan fingerprint density at radius 1 is 1.38 bits per heavy atom. The normalized spacial score (nSPS) is 20.1. The van der Waals surface area contributed by atoms with E-state index in [1.807, 2.05) is 0 Å². The largest absolute Gasteiger partial charge is 0.0917 e. The molecule has 0 aromatic rings. The highest BCUT2D eigenvalue weighted by molar-refractivity contribution is 6.21. The summed E-state index contributed by atoms with van der Waals surface area (Å²) in [6, 6.07) is 0. The first-order chi connectivity index (χ1) is 3.79. The van der Waals surface area contributed by atoms with Crippen LogP contribution in [0, 0.1) is 0 Å². The lowest BCUT2D eigenvalue weighted by molar-refractivity contribution is 1.10. The summed E-state index contributed by atoms with van der Waals surface area (Å²) in [4.78, 5) is 0. The van der Waals surface area contributed by atoms with Crippen molar-refractivity contribution >= 4 is 10.2 Å². The van der Waals surface area contributed by atoms with E-state index in [2.05, 4.69) is 19.1 Å². The van der Waals surface area contributed by atoms with Crippen molar-refractivity contribution in [3.8, 4) is 0 Å². The summed E-state index contributed by atoms with van der Waals surface area (Å²) in [5.41, 5.74) is 1.53. The van der Waals surface area contributed by atoms with Gasteiger partial charge in [-0.1, -0.05) is 22.9 Å². The summed E-state index contributed by atoms with van der Waals surface area (Å²) in [7, 11) is 1.26. The highest BCUT2D eigenvalue weighted by Gasteiger charge is 1.94. The van der Waals surface area contributed by atoms with Gasteiger partial charge in [0, 0.05) is 10.2 Å². The molecule has 1 rings (SSSR count). The molecule has 0 saturated heterocycles. The molecule has 0 nitrogen and oxygen atoms in total. The molecule has 0 aliphatic heterocycles. The van der Waals surface area contributed by atoms with Gasteiger partial charge in [-0.05, 0) is 19.8 Å². The summed E-state index contributed by atoms with van der Waals surface area (Å²) < 4.78 is 0. The maximum absolute atomic E-state index is 2.36. The first-order valence-corrected chi connectivity index (χ1v) is 4.10. The van der Waals surface area contributed by atoms with E-state index in [4.69, 9.17) is 0 Å². The first-order valence-electron chi connectivity index (χ1n) is 3.10. The van der Waals surface area contributed by atoms with Gasteiger partial charge in [-0.3, -0.25) is 0 Å². The average Bonchev–Trinajstić information content (AvgIpc) is 1.77. The van der Waals surface area contributed by atoms with Gasteiger partial charge in [0.1, 0.15) is 0 Å². The van der Waals surface area contributed by atoms with E-state index in [1.54, 1.807) is 5.20 Å². The Hall–Kier alpha value is -0.303. The van der Waals surface area contributed by atoms with Crippen LogP contribution in [0.5, 0.6) is 0 Å². The van der Waals surface area contributed by atoms with E-state index in [0.29, 0.717) is 0 Å². The molecule has 44 valence electrons. The van der Waals surface area contributed by atoms with Gasteiger partial charge >= 0.3 is 0 Å². The Balaban J connectivity index is 2.54. The van der Waals surface area contributed by atoms with Crippen molar-refractivity contribution in [3.05, 3.63) is 22.9 Å². The van der Waals surface area contributed by atoms with E-state index >= 15 is 0 Å². The summed E-state index contributed by atoms with van der Waals surface area (Å²) >= 11 is 0. The van der Waals surface area contributed by atoms with Crippen molar-refractivity contribution in [2.45, 2.75) is 19.8 Å². The maximum atomic E-state index is 2.36. The van der Waals surface area contributed by atoms with Crippen LogP contribution < -0.4 is 0 Å². The number of rotatable bonds is 0. The third-order valence-electron chi connectivity index (χ3n) is 1.54. The third-order valence-corrected chi connectivity index (χ3v) is 2.36. The van der Waals surface area contributed by atoms with Crippen LogP contribution in [-0.4, -0.2) is 10.2 Å². The first kappa shape index (κ1) is 5.83. The lowest BCUT2D eigenvalue weighted by Gasteiger charge is -2.04. The molecule has 0 atom stereocenters. The molecule has 8 heavy (non-hydrogen) atoms. The molecule has 1 heteroatoms. The van der Waals surface area contributed by atoms with Crippen molar-refractivity contribution in [1.29, 1.82) is 0 Å².